The molecule has 1 amide bonds. The van der Waals surface area contributed by atoms with Crippen LogP contribution < -0.4 is 14.4 Å². The molecule has 1 aliphatic heterocycles. The van der Waals surface area contributed by atoms with Crippen molar-refractivity contribution in [3.63, 3.8) is 0 Å². The Morgan fingerprint density at radius 1 is 1.16 bits per heavy atom. The first-order valence-electron chi connectivity index (χ1n) is 8.30. The molecule has 0 saturated heterocycles. The highest BCUT2D eigenvalue weighted by molar-refractivity contribution is 6.00. The Hall–Kier alpha value is -2.82. The normalized spacial score (nSPS) is 16.2. The van der Waals surface area contributed by atoms with Crippen molar-refractivity contribution in [2.75, 3.05) is 11.4 Å². The predicted octanol–water partition coefficient (Wildman–Crippen LogP) is 3.41. The Morgan fingerprint density at radius 2 is 1.84 bits per heavy atom. The average molecular weight is 339 g/mol. The molecule has 1 unspecified atom stereocenters. The molecular weight excluding hydrogens is 318 g/mol. The van der Waals surface area contributed by atoms with Crippen LogP contribution in [0.15, 0.2) is 42.5 Å². The first-order valence-corrected chi connectivity index (χ1v) is 8.30. The number of fused-ring (bicyclic) bond motifs is 1. The molecule has 25 heavy (non-hydrogen) atoms. The van der Waals surface area contributed by atoms with Crippen molar-refractivity contribution < 1.29 is 19.1 Å². The van der Waals surface area contributed by atoms with Crippen LogP contribution in [0.3, 0.4) is 0 Å². The highest BCUT2D eigenvalue weighted by atomic mass is 16.5. The predicted molar refractivity (Wildman–Crippen MR) is 95.1 cm³/mol. The van der Waals surface area contributed by atoms with Crippen LogP contribution in [0.25, 0.3) is 0 Å². The summed E-state index contributed by atoms with van der Waals surface area (Å²) in [6, 6.07) is 13.0. The SMILES string of the molecule is Cc1cc(C)cc(OC(=O)CCN2C(=O)C(C)Oc3ccccc32)c1. The van der Waals surface area contributed by atoms with E-state index in [9.17, 15) is 9.59 Å². The molecule has 1 aliphatic rings. The van der Waals surface area contributed by atoms with E-state index in [1.54, 1.807) is 11.8 Å². The number of hydrogen-bond donors (Lipinski definition) is 0. The molecule has 130 valence electrons. The number of aryl methyl sites for hydroxylation is 2. The van der Waals surface area contributed by atoms with E-state index in [2.05, 4.69) is 0 Å². The number of esters is 1. The Bertz CT molecular complexity index is 795. The van der Waals surface area contributed by atoms with E-state index in [1.807, 2.05) is 56.3 Å². The minimum Gasteiger partial charge on any atom is -0.479 e. The van der Waals surface area contributed by atoms with Crippen molar-refractivity contribution in [1.29, 1.82) is 0 Å². The van der Waals surface area contributed by atoms with Crippen molar-refractivity contribution in [2.24, 2.45) is 0 Å². The molecule has 0 saturated carbocycles. The highest BCUT2D eigenvalue weighted by Crippen LogP contribution is 2.33. The van der Waals surface area contributed by atoms with Crippen LogP contribution in [0.4, 0.5) is 5.69 Å². The minimum atomic E-state index is -0.564. The molecule has 0 N–H and O–H groups in total. The van der Waals surface area contributed by atoms with Crippen molar-refractivity contribution in [3.05, 3.63) is 53.6 Å². The van der Waals surface area contributed by atoms with Gasteiger partial charge in [-0.25, -0.2) is 0 Å². The summed E-state index contributed by atoms with van der Waals surface area (Å²) in [6.07, 6.45) is -0.454. The third-order valence-corrected chi connectivity index (χ3v) is 4.04. The van der Waals surface area contributed by atoms with Crippen LogP contribution in [-0.4, -0.2) is 24.5 Å². The van der Waals surface area contributed by atoms with E-state index in [0.717, 1.165) is 11.1 Å². The Morgan fingerprint density at radius 3 is 2.56 bits per heavy atom. The molecule has 0 fully saturated rings. The van der Waals surface area contributed by atoms with E-state index in [-0.39, 0.29) is 24.8 Å². The molecule has 1 heterocycles. The molecule has 1 atom stereocenters. The number of hydrogen-bond acceptors (Lipinski definition) is 4. The van der Waals surface area contributed by atoms with Crippen LogP contribution in [-0.2, 0) is 9.59 Å². The Labute approximate surface area is 147 Å². The number of rotatable bonds is 4. The molecule has 0 bridgehead atoms. The van der Waals surface area contributed by atoms with Crippen LogP contribution in [0.5, 0.6) is 11.5 Å². The first-order chi connectivity index (χ1) is 11.9. The van der Waals surface area contributed by atoms with Gasteiger partial charge >= 0.3 is 5.97 Å². The molecule has 3 rings (SSSR count). The van der Waals surface area contributed by atoms with E-state index >= 15 is 0 Å². The van der Waals surface area contributed by atoms with Gasteiger partial charge in [0.15, 0.2) is 6.10 Å². The van der Waals surface area contributed by atoms with E-state index < -0.39 is 6.10 Å². The lowest BCUT2D eigenvalue weighted by atomic mass is 10.1. The van der Waals surface area contributed by atoms with Gasteiger partial charge in [0.25, 0.3) is 5.91 Å². The van der Waals surface area contributed by atoms with Crippen LogP contribution >= 0.6 is 0 Å². The number of benzene rings is 2. The lowest BCUT2D eigenvalue weighted by Crippen LogP contribution is -2.45. The van der Waals surface area contributed by atoms with Crippen molar-refractivity contribution in [3.8, 4) is 11.5 Å². The van der Waals surface area contributed by atoms with Gasteiger partial charge in [-0.05, 0) is 56.2 Å². The topological polar surface area (TPSA) is 55.8 Å². The van der Waals surface area contributed by atoms with Gasteiger partial charge in [-0.15, -0.1) is 0 Å². The molecule has 5 heteroatoms. The third-order valence-electron chi connectivity index (χ3n) is 4.04. The number of carbonyl (C=O) groups is 2. The second kappa shape index (κ2) is 6.97. The lowest BCUT2D eigenvalue weighted by Gasteiger charge is -2.32. The van der Waals surface area contributed by atoms with Crippen LogP contribution in [0.2, 0.25) is 0 Å². The molecule has 0 radical (unpaired) electrons. The second-order valence-corrected chi connectivity index (χ2v) is 6.27. The fourth-order valence-electron chi connectivity index (χ4n) is 2.97. The van der Waals surface area contributed by atoms with Gasteiger partial charge in [-0.2, -0.15) is 0 Å². The average Bonchev–Trinajstić information content (AvgIpc) is 2.54. The van der Waals surface area contributed by atoms with E-state index in [1.165, 1.54) is 0 Å². The maximum atomic E-state index is 12.4. The summed E-state index contributed by atoms with van der Waals surface area (Å²) in [4.78, 5) is 26.2. The summed E-state index contributed by atoms with van der Waals surface area (Å²) in [7, 11) is 0. The zero-order valence-corrected chi connectivity index (χ0v) is 14.6. The van der Waals surface area contributed by atoms with Crippen LogP contribution in [0, 0.1) is 13.8 Å². The number of ether oxygens (including phenoxy) is 2. The minimum absolute atomic E-state index is 0.111. The molecule has 0 aromatic heterocycles. The molecule has 0 aliphatic carbocycles. The largest absolute Gasteiger partial charge is 0.479 e. The number of anilines is 1. The summed E-state index contributed by atoms with van der Waals surface area (Å²) >= 11 is 0. The lowest BCUT2D eigenvalue weighted by molar-refractivity contribution is -0.134. The summed E-state index contributed by atoms with van der Waals surface area (Å²) in [6.45, 7) is 5.87. The number of carbonyl (C=O) groups excluding carboxylic acids is 2. The number of nitrogens with zero attached hydrogens (tertiary/aromatic N) is 1. The second-order valence-electron chi connectivity index (χ2n) is 6.27. The Kier molecular flexibility index (Phi) is 4.74. The molecular formula is C20H21NO4. The summed E-state index contributed by atoms with van der Waals surface area (Å²) in [5.41, 5.74) is 2.76. The highest BCUT2D eigenvalue weighted by Gasteiger charge is 2.31. The quantitative estimate of drug-likeness (QED) is 0.633. The summed E-state index contributed by atoms with van der Waals surface area (Å²) in [5, 5.41) is 0. The zero-order valence-electron chi connectivity index (χ0n) is 14.6. The zero-order chi connectivity index (χ0) is 18.0. The van der Waals surface area contributed by atoms with Crippen molar-refractivity contribution in [2.45, 2.75) is 33.3 Å². The maximum absolute atomic E-state index is 12.4. The maximum Gasteiger partial charge on any atom is 0.312 e. The van der Waals surface area contributed by atoms with Gasteiger partial charge < -0.3 is 14.4 Å². The molecule has 2 aromatic carbocycles. The standard InChI is InChI=1S/C20H21NO4/c1-13-10-14(2)12-16(11-13)25-19(22)8-9-21-17-6-4-5-7-18(17)24-15(3)20(21)23/h4-7,10-12,15H,8-9H2,1-3H3. The van der Waals surface area contributed by atoms with E-state index in [0.29, 0.717) is 17.2 Å². The fraction of sp³-hybridized carbons (Fsp3) is 0.300. The van der Waals surface area contributed by atoms with Gasteiger partial charge in [0.2, 0.25) is 0 Å². The van der Waals surface area contributed by atoms with Gasteiger partial charge in [0.05, 0.1) is 12.1 Å². The van der Waals surface area contributed by atoms with Gasteiger partial charge in [0, 0.05) is 6.54 Å². The van der Waals surface area contributed by atoms with Gasteiger partial charge in [-0.3, -0.25) is 9.59 Å². The van der Waals surface area contributed by atoms with Crippen molar-refractivity contribution >= 4 is 17.6 Å². The van der Waals surface area contributed by atoms with Gasteiger partial charge in [-0.1, -0.05) is 18.2 Å². The van der Waals surface area contributed by atoms with Crippen molar-refractivity contribution in [1.82, 2.24) is 0 Å². The smallest absolute Gasteiger partial charge is 0.312 e. The molecule has 5 nitrogen and oxygen atoms in total. The third kappa shape index (κ3) is 3.82. The summed E-state index contributed by atoms with van der Waals surface area (Å²) in [5.74, 6) is 0.661. The summed E-state index contributed by atoms with van der Waals surface area (Å²) < 4.78 is 11.0. The monoisotopic (exact) mass is 339 g/mol. The fourth-order valence-corrected chi connectivity index (χ4v) is 2.97. The van der Waals surface area contributed by atoms with E-state index in [4.69, 9.17) is 9.47 Å². The molecule has 2 aromatic rings. The molecule has 0 spiro atoms. The van der Waals surface area contributed by atoms with Crippen LogP contribution in [0.1, 0.15) is 24.5 Å². The van der Waals surface area contributed by atoms with Gasteiger partial charge in [0.1, 0.15) is 11.5 Å². The first kappa shape index (κ1) is 17.0. The number of amides is 1. The number of para-hydroxylation sites is 2. The Balaban J connectivity index is 1.68.